The molecule has 7 nitrogen and oxygen atoms in total. The van der Waals surface area contributed by atoms with Gasteiger partial charge in [-0.15, -0.1) is 0 Å². The number of aromatic nitrogens is 2. The zero-order valence-corrected chi connectivity index (χ0v) is 17.7. The average molecular weight is 430 g/mol. The highest BCUT2D eigenvalue weighted by Gasteiger charge is 2.10. The summed E-state index contributed by atoms with van der Waals surface area (Å²) >= 11 is 5.89. The van der Waals surface area contributed by atoms with Crippen molar-refractivity contribution in [1.29, 1.82) is 0 Å². The van der Waals surface area contributed by atoms with Gasteiger partial charge >= 0.3 is 0 Å². The topological polar surface area (TPSA) is 86.5 Å². The van der Waals surface area contributed by atoms with E-state index in [0.717, 1.165) is 11.1 Å². The fraction of sp³-hybridized carbons (Fsp3) is 0.318. The fourth-order valence-corrected chi connectivity index (χ4v) is 2.98. The fourth-order valence-electron chi connectivity index (χ4n) is 2.86. The van der Waals surface area contributed by atoms with Gasteiger partial charge in [0.05, 0.1) is 13.7 Å². The largest absolute Gasteiger partial charge is 0.493 e. The van der Waals surface area contributed by atoms with E-state index in [1.165, 1.54) is 0 Å². The Morgan fingerprint density at radius 3 is 2.70 bits per heavy atom. The highest BCUT2D eigenvalue weighted by Crippen LogP contribution is 2.28. The van der Waals surface area contributed by atoms with Crippen LogP contribution in [-0.2, 0) is 17.8 Å². The molecule has 0 saturated carbocycles. The maximum atomic E-state index is 12.1. The number of rotatable bonds is 10. The number of nitrogens with zero attached hydrogens (tertiary/aromatic N) is 2. The molecule has 0 fully saturated rings. The zero-order chi connectivity index (χ0) is 21.3. The SMILES string of the molecule is CCOc1ccc(CNC(=O)CCCc2nc(-c3ccc(Cl)cc3)no2)cc1OC. The normalized spacial score (nSPS) is 10.6. The second-order valence-electron chi connectivity index (χ2n) is 6.57. The Kier molecular flexibility index (Phi) is 7.68. The first-order chi connectivity index (χ1) is 14.6. The number of carbonyl (C=O) groups excluding carboxylic acids is 1. The summed E-state index contributed by atoms with van der Waals surface area (Å²) in [4.78, 5) is 16.5. The van der Waals surface area contributed by atoms with Gasteiger partial charge in [-0.2, -0.15) is 4.98 Å². The molecule has 2 aromatic carbocycles. The number of nitrogens with one attached hydrogen (secondary N) is 1. The molecule has 0 spiro atoms. The lowest BCUT2D eigenvalue weighted by atomic mass is 10.2. The van der Waals surface area contributed by atoms with E-state index < -0.39 is 0 Å². The smallest absolute Gasteiger partial charge is 0.226 e. The molecule has 0 aliphatic carbocycles. The van der Waals surface area contributed by atoms with Crippen LogP contribution >= 0.6 is 11.6 Å². The molecule has 0 saturated heterocycles. The molecule has 3 rings (SSSR count). The molecule has 1 amide bonds. The minimum absolute atomic E-state index is 0.0414. The maximum Gasteiger partial charge on any atom is 0.226 e. The van der Waals surface area contributed by atoms with Gasteiger partial charge in [-0.25, -0.2) is 0 Å². The first kappa shape index (κ1) is 21.6. The van der Waals surface area contributed by atoms with E-state index in [4.69, 9.17) is 25.6 Å². The zero-order valence-electron chi connectivity index (χ0n) is 17.0. The summed E-state index contributed by atoms with van der Waals surface area (Å²) < 4.78 is 16.1. The number of aryl methyl sites for hydroxylation is 1. The second kappa shape index (κ2) is 10.6. The van der Waals surface area contributed by atoms with E-state index in [2.05, 4.69) is 15.5 Å². The molecule has 1 heterocycles. The summed E-state index contributed by atoms with van der Waals surface area (Å²) in [6, 6.07) is 12.8. The summed E-state index contributed by atoms with van der Waals surface area (Å²) in [6.07, 6.45) is 1.51. The molecule has 30 heavy (non-hydrogen) atoms. The molecule has 8 heteroatoms. The summed E-state index contributed by atoms with van der Waals surface area (Å²) in [5.41, 5.74) is 1.77. The monoisotopic (exact) mass is 429 g/mol. The van der Waals surface area contributed by atoms with Crippen molar-refractivity contribution >= 4 is 17.5 Å². The van der Waals surface area contributed by atoms with Crippen LogP contribution in [0.1, 0.15) is 31.2 Å². The van der Waals surface area contributed by atoms with Crippen LogP contribution in [0.2, 0.25) is 5.02 Å². The third-order valence-electron chi connectivity index (χ3n) is 4.38. The van der Waals surface area contributed by atoms with E-state index >= 15 is 0 Å². The van der Waals surface area contributed by atoms with Crippen molar-refractivity contribution in [2.45, 2.75) is 32.7 Å². The number of benzene rings is 2. The molecule has 1 N–H and O–H groups in total. The molecule has 0 radical (unpaired) electrons. The van der Waals surface area contributed by atoms with Gasteiger partial charge in [-0.3, -0.25) is 4.79 Å². The molecule has 158 valence electrons. The summed E-state index contributed by atoms with van der Waals surface area (Å²) in [5.74, 6) is 2.31. The van der Waals surface area contributed by atoms with Crippen molar-refractivity contribution in [2.24, 2.45) is 0 Å². The molecule has 0 aliphatic heterocycles. The molecule has 1 aromatic heterocycles. The van der Waals surface area contributed by atoms with E-state index in [0.29, 0.717) is 60.7 Å². The van der Waals surface area contributed by atoms with Gasteiger partial charge in [0.1, 0.15) is 0 Å². The molecule has 3 aromatic rings. The summed E-state index contributed by atoms with van der Waals surface area (Å²) in [7, 11) is 1.59. The third kappa shape index (κ3) is 5.97. The first-order valence-electron chi connectivity index (χ1n) is 9.74. The molecular weight excluding hydrogens is 406 g/mol. The van der Waals surface area contributed by atoms with Crippen LogP contribution in [-0.4, -0.2) is 29.8 Å². The number of carbonyl (C=O) groups is 1. The van der Waals surface area contributed by atoms with E-state index in [1.54, 1.807) is 19.2 Å². The standard InChI is InChI=1S/C22H24ClN3O4/c1-3-29-18-12-7-15(13-19(18)28-2)14-24-20(27)5-4-6-21-25-22(26-30-21)16-8-10-17(23)11-9-16/h7-13H,3-6,14H2,1-2H3,(H,24,27). The molecule has 0 bridgehead atoms. The third-order valence-corrected chi connectivity index (χ3v) is 4.63. The highest BCUT2D eigenvalue weighted by molar-refractivity contribution is 6.30. The van der Waals surface area contributed by atoms with Crippen LogP contribution in [0.5, 0.6) is 11.5 Å². The van der Waals surface area contributed by atoms with Gasteiger partial charge in [0.2, 0.25) is 17.6 Å². The van der Waals surface area contributed by atoms with Gasteiger partial charge in [0.15, 0.2) is 11.5 Å². The number of methoxy groups -OCH3 is 1. The van der Waals surface area contributed by atoms with Crippen molar-refractivity contribution in [3.63, 3.8) is 0 Å². The van der Waals surface area contributed by atoms with Crippen LogP contribution in [0.15, 0.2) is 47.0 Å². The van der Waals surface area contributed by atoms with E-state index in [9.17, 15) is 4.79 Å². The highest BCUT2D eigenvalue weighted by atomic mass is 35.5. The van der Waals surface area contributed by atoms with Crippen LogP contribution < -0.4 is 14.8 Å². The van der Waals surface area contributed by atoms with Crippen LogP contribution in [0, 0.1) is 0 Å². The lowest BCUT2D eigenvalue weighted by Crippen LogP contribution is -2.22. The molecular formula is C22H24ClN3O4. The van der Waals surface area contributed by atoms with E-state index in [1.807, 2.05) is 37.3 Å². The number of halogens is 1. The van der Waals surface area contributed by atoms with Gasteiger partial charge in [0.25, 0.3) is 0 Å². The summed E-state index contributed by atoms with van der Waals surface area (Å²) in [5, 5.41) is 7.53. The quantitative estimate of drug-likeness (QED) is 0.512. The Morgan fingerprint density at radius 1 is 1.17 bits per heavy atom. The Balaban J connectivity index is 1.44. The lowest BCUT2D eigenvalue weighted by Gasteiger charge is -2.11. The van der Waals surface area contributed by atoms with Gasteiger partial charge in [0, 0.05) is 30.0 Å². The van der Waals surface area contributed by atoms with Crippen molar-refractivity contribution in [3.05, 3.63) is 58.9 Å². The predicted molar refractivity (Wildman–Crippen MR) is 114 cm³/mol. The van der Waals surface area contributed by atoms with Crippen LogP contribution in [0.4, 0.5) is 0 Å². The number of amides is 1. The predicted octanol–water partition coefficient (Wildman–Crippen LogP) is 4.44. The Bertz CT molecular complexity index is 973. The van der Waals surface area contributed by atoms with Crippen molar-refractivity contribution in [3.8, 4) is 22.9 Å². The van der Waals surface area contributed by atoms with Crippen LogP contribution in [0.25, 0.3) is 11.4 Å². The van der Waals surface area contributed by atoms with Gasteiger partial charge < -0.3 is 19.3 Å². The van der Waals surface area contributed by atoms with Crippen LogP contribution in [0.3, 0.4) is 0 Å². The number of ether oxygens (including phenoxy) is 2. The van der Waals surface area contributed by atoms with Gasteiger partial charge in [-0.05, 0) is 55.3 Å². The Labute approximate surface area is 180 Å². The van der Waals surface area contributed by atoms with E-state index in [-0.39, 0.29) is 5.91 Å². The van der Waals surface area contributed by atoms with Crippen molar-refractivity contribution < 1.29 is 18.8 Å². The van der Waals surface area contributed by atoms with Crippen molar-refractivity contribution in [1.82, 2.24) is 15.5 Å². The van der Waals surface area contributed by atoms with Crippen molar-refractivity contribution in [2.75, 3.05) is 13.7 Å². The Morgan fingerprint density at radius 2 is 1.97 bits per heavy atom. The molecule has 0 aliphatic rings. The maximum absolute atomic E-state index is 12.1. The lowest BCUT2D eigenvalue weighted by molar-refractivity contribution is -0.121. The molecule has 0 atom stereocenters. The molecule has 0 unspecified atom stereocenters. The average Bonchev–Trinajstić information content (AvgIpc) is 3.22. The second-order valence-corrected chi connectivity index (χ2v) is 7.00. The minimum Gasteiger partial charge on any atom is -0.493 e. The van der Waals surface area contributed by atoms with Gasteiger partial charge in [-0.1, -0.05) is 22.8 Å². The number of hydrogen-bond donors (Lipinski definition) is 1. The first-order valence-corrected chi connectivity index (χ1v) is 10.1. The Hall–Kier alpha value is -3.06. The number of hydrogen-bond acceptors (Lipinski definition) is 6. The summed E-state index contributed by atoms with van der Waals surface area (Å²) in [6.45, 7) is 2.90. The minimum atomic E-state index is -0.0414.